The molecule has 124 valence electrons. The van der Waals surface area contributed by atoms with Crippen LogP contribution in [0.15, 0.2) is 70.9 Å². The Kier molecular flexibility index (Phi) is 4.29. The van der Waals surface area contributed by atoms with E-state index in [2.05, 4.69) is 15.0 Å². The lowest BCUT2D eigenvalue weighted by Crippen LogP contribution is -2.11. The molecule has 2 heterocycles. The van der Waals surface area contributed by atoms with Gasteiger partial charge in [0.2, 0.25) is 0 Å². The molecule has 2 aromatic heterocycles. The predicted octanol–water partition coefficient (Wildman–Crippen LogP) is 4.05. The second-order valence-corrected chi connectivity index (χ2v) is 6.76. The number of aromatic nitrogens is 4. The zero-order valence-corrected chi connectivity index (χ0v) is 14.6. The molecule has 0 saturated carbocycles. The maximum atomic E-state index is 12.1. The van der Waals surface area contributed by atoms with Crippen LogP contribution >= 0.6 is 23.4 Å². The number of para-hydroxylation sites is 1. The average molecular weight is 369 g/mol. The molecule has 2 aromatic carbocycles. The lowest BCUT2D eigenvalue weighted by molar-refractivity contribution is 0.892. The van der Waals surface area contributed by atoms with Crippen molar-refractivity contribution in [1.29, 1.82) is 0 Å². The molecule has 0 aliphatic heterocycles. The van der Waals surface area contributed by atoms with Crippen molar-refractivity contribution in [3.8, 4) is 5.69 Å². The smallest absolute Gasteiger partial charge is 0.258 e. The number of aromatic amines is 1. The highest BCUT2D eigenvalue weighted by Crippen LogP contribution is 2.24. The molecule has 0 amide bonds. The molecule has 0 atom stereocenters. The molecule has 0 spiro atoms. The number of rotatable bonds is 4. The second kappa shape index (κ2) is 6.74. The molecule has 4 aromatic rings. The van der Waals surface area contributed by atoms with Crippen LogP contribution in [-0.2, 0) is 5.75 Å². The van der Waals surface area contributed by atoms with E-state index in [0.29, 0.717) is 27.5 Å². The molecule has 25 heavy (non-hydrogen) atoms. The maximum Gasteiger partial charge on any atom is 0.258 e. The molecule has 0 aliphatic carbocycles. The molecule has 1 N–H and O–H groups in total. The highest BCUT2D eigenvalue weighted by atomic mass is 35.5. The molecule has 0 saturated heterocycles. The van der Waals surface area contributed by atoms with E-state index in [9.17, 15) is 4.79 Å². The summed E-state index contributed by atoms with van der Waals surface area (Å²) in [4.78, 5) is 23.9. The Morgan fingerprint density at radius 1 is 1.16 bits per heavy atom. The molecular formula is C18H13ClN4OS. The van der Waals surface area contributed by atoms with E-state index in [0.717, 1.165) is 10.8 Å². The zero-order chi connectivity index (χ0) is 17.2. The van der Waals surface area contributed by atoms with Gasteiger partial charge in [-0.05, 0) is 30.3 Å². The number of imidazole rings is 1. The minimum absolute atomic E-state index is 0.126. The fourth-order valence-electron chi connectivity index (χ4n) is 2.56. The first-order chi connectivity index (χ1) is 12.2. The summed E-state index contributed by atoms with van der Waals surface area (Å²) in [7, 11) is 0. The number of benzene rings is 2. The van der Waals surface area contributed by atoms with Crippen LogP contribution in [0.2, 0.25) is 5.02 Å². The van der Waals surface area contributed by atoms with Gasteiger partial charge >= 0.3 is 0 Å². The number of thioether (sulfide) groups is 1. The first kappa shape index (κ1) is 15.9. The van der Waals surface area contributed by atoms with Crippen molar-refractivity contribution in [2.24, 2.45) is 0 Å². The van der Waals surface area contributed by atoms with E-state index in [1.807, 2.05) is 53.2 Å². The number of nitrogens with one attached hydrogen (secondary N) is 1. The SMILES string of the molecule is O=c1[nH]c(CSc2nccn2-c2cccc(Cl)c2)nc2ccccc12. The van der Waals surface area contributed by atoms with Crippen molar-refractivity contribution in [3.63, 3.8) is 0 Å². The van der Waals surface area contributed by atoms with Gasteiger partial charge in [0.1, 0.15) is 5.82 Å². The minimum atomic E-state index is -0.126. The van der Waals surface area contributed by atoms with E-state index in [4.69, 9.17) is 11.6 Å². The van der Waals surface area contributed by atoms with E-state index in [1.165, 1.54) is 11.8 Å². The van der Waals surface area contributed by atoms with Gasteiger partial charge in [-0.1, -0.05) is 41.6 Å². The summed E-state index contributed by atoms with van der Waals surface area (Å²) in [6.45, 7) is 0. The van der Waals surface area contributed by atoms with Gasteiger partial charge in [-0.25, -0.2) is 9.97 Å². The number of nitrogens with zero attached hydrogens (tertiary/aromatic N) is 3. The van der Waals surface area contributed by atoms with Gasteiger partial charge in [-0.2, -0.15) is 0 Å². The molecular weight excluding hydrogens is 356 g/mol. The molecule has 0 unspecified atom stereocenters. The van der Waals surface area contributed by atoms with Crippen LogP contribution in [0.4, 0.5) is 0 Å². The van der Waals surface area contributed by atoms with Gasteiger partial charge in [0.15, 0.2) is 5.16 Å². The molecule has 4 rings (SSSR count). The van der Waals surface area contributed by atoms with Crippen LogP contribution < -0.4 is 5.56 Å². The monoisotopic (exact) mass is 368 g/mol. The van der Waals surface area contributed by atoms with Crippen LogP contribution in [0.25, 0.3) is 16.6 Å². The third-order valence-corrected chi connectivity index (χ3v) is 4.91. The Bertz CT molecular complexity index is 1110. The lowest BCUT2D eigenvalue weighted by atomic mass is 10.2. The predicted molar refractivity (Wildman–Crippen MR) is 100 cm³/mol. The van der Waals surface area contributed by atoms with Gasteiger partial charge in [0, 0.05) is 23.1 Å². The molecule has 0 radical (unpaired) electrons. The number of fused-ring (bicyclic) bond motifs is 1. The number of hydrogen-bond acceptors (Lipinski definition) is 4. The van der Waals surface area contributed by atoms with E-state index in [1.54, 1.807) is 12.3 Å². The summed E-state index contributed by atoms with van der Waals surface area (Å²) in [5, 5.41) is 2.07. The summed E-state index contributed by atoms with van der Waals surface area (Å²) in [5.74, 6) is 1.13. The van der Waals surface area contributed by atoms with E-state index >= 15 is 0 Å². The van der Waals surface area contributed by atoms with Crippen molar-refractivity contribution in [2.75, 3.05) is 0 Å². The molecule has 5 nitrogen and oxygen atoms in total. The molecule has 0 bridgehead atoms. The van der Waals surface area contributed by atoms with Gasteiger partial charge < -0.3 is 4.98 Å². The van der Waals surface area contributed by atoms with E-state index in [-0.39, 0.29) is 5.56 Å². The first-order valence-electron chi connectivity index (χ1n) is 7.61. The summed E-state index contributed by atoms with van der Waals surface area (Å²) >= 11 is 7.57. The van der Waals surface area contributed by atoms with Crippen molar-refractivity contribution in [3.05, 3.63) is 82.1 Å². The van der Waals surface area contributed by atoms with Crippen molar-refractivity contribution in [2.45, 2.75) is 10.9 Å². The zero-order valence-electron chi connectivity index (χ0n) is 13.0. The lowest BCUT2D eigenvalue weighted by Gasteiger charge is -2.08. The Morgan fingerprint density at radius 3 is 2.92 bits per heavy atom. The fraction of sp³-hybridized carbons (Fsp3) is 0.0556. The standard InChI is InChI=1S/C18H13ClN4OS/c19-12-4-3-5-13(10-12)23-9-8-20-18(23)25-11-16-21-15-7-2-1-6-14(15)17(24)22-16/h1-10H,11H2,(H,21,22,24). The summed E-state index contributed by atoms with van der Waals surface area (Å²) in [5.41, 5.74) is 1.51. The normalized spacial score (nSPS) is 11.1. The summed E-state index contributed by atoms with van der Waals surface area (Å²) in [6.07, 6.45) is 3.62. The fourth-order valence-corrected chi connectivity index (χ4v) is 3.58. The van der Waals surface area contributed by atoms with Crippen molar-refractivity contribution in [1.82, 2.24) is 19.5 Å². The maximum absolute atomic E-state index is 12.1. The minimum Gasteiger partial charge on any atom is -0.309 e. The quantitative estimate of drug-likeness (QED) is 0.552. The van der Waals surface area contributed by atoms with Crippen molar-refractivity contribution >= 4 is 34.3 Å². The summed E-state index contributed by atoms with van der Waals surface area (Å²) < 4.78 is 1.95. The first-order valence-corrected chi connectivity index (χ1v) is 8.97. The number of H-pyrrole nitrogens is 1. The molecule has 0 fully saturated rings. The van der Waals surface area contributed by atoms with Gasteiger partial charge in [-0.3, -0.25) is 9.36 Å². The van der Waals surface area contributed by atoms with Gasteiger partial charge in [0.05, 0.1) is 16.7 Å². The van der Waals surface area contributed by atoms with Crippen LogP contribution in [0.3, 0.4) is 0 Å². The van der Waals surface area contributed by atoms with Crippen molar-refractivity contribution < 1.29 is 0 Å². The second-order valence-electron chi connectivity index (χ2n) is 5.38. The van der Waals surface area contributed by atoms with Gasteiger partial charge in [0.25, 0.3) is 5.56 Å². The third-order valence-electron chi connectivity index (χ3n) is 3.69. The Morgan fingerprint density at radius 2 is 2.04 bits per heavy atom. The van der Waals surface area contributed by atoms with Crippen LogP contribution in [0.1, 0.15) is 5.82 Å². The van der Waals surface area contributed by atoms with Gasteiger partial charge in [-0.15, -0.1) is 0 Å². The highest BCUT2D eigenvalue weighted by Gasteiger charge is 2.09. The Balaban J connectivity index is 1.61. The Hall–Kier alpha value is -2.57. The summed E-state index contributed by atoms with van der Waals surface area (Å²) in [6, 6.07) is 14.9. The van der Waals surface area contributed by atoms with Crippen LogP contribution in [-0.4, -0.2) is 19.5 Å². The third kappa shape index (κ3) is 3.31. The number of halogens is 1. The Labute approximate surface area is 152 Å². The topological polar surface area (TPSA) is 63.6 Å². The number of hydrogen-bond donors (Lipinski definition) is 1. The highest BCUT2D eigenvalue weighted by molar-refractivity contribution is 7.98. The largest absolute Gasteiger partial charge is 0.309 e. The van der Waals surface area contributed by atoms with Crippen LogP contribution in [0.5, 0.6) is 0 Å². The molecule has 7 heteroatoms. The van der Waals surface area contributed by atoms with Crippen LogP contribution in [0, 0.1) is 0 Å². The average Bonchev–Trinajstić information content (AvgIpc) is 3.09. The van der Waals surface area contributed by atoms with E-state index < -0.39 is 0 Å². The molecule has 0 aliphatic rings.